The third kappa shape index (κ3) is 3.32. The number of aromatic amines is 1. The average molecular weight is 349 g/mol. The second kappa shape index (κ2) is 6.52. The normalized spacial score (nSPS) is 11.1. The van der Waals surface area contributed by atoms with E-state index >= 15 is 0 Å². The van der Waals surface area contributed by atoms with Gasteiger partial charge in [0.05, 0.1) is 5.69 Å². The zero-order chi connectivity index (χ0) is 17.2. The second-order valence-electron chi connectivity index (χ2n) is 5.64. The Kier molecular flexibility index (Phi) is 4.07. The van der Waals surface area contributed by atoms with Crippen molar-refractivity contribution in [2.24, 2.45) is 0 Å². The predicted octanol–water partition coefficient (Wildman–Crippen LogP) is 3.08. The smallest absolute Gasteiger partial charge is 0.258 e. The highest BCUT2D eigenvalue weighted by Gasteiger charge is 2.08. The lowest BCUT2D eigenvalue weighted by atomic mass is 10.1. The first-order valence-corrected chi connectivity index (χ1v) is 8.77. The van der Waals surface area contributed by atoms with Gasteiger partial charge in [0.25, 0.3) is 5.56 Å². The lowest BCUT2D eigenvalue weighted by Crippen LogP contribution is -2.14. The van der Waals surface area contributed by atoms with E-state index < -0.39 is 0 Å². The van der Waals surface area contributed by atoms with Crippen molar-refractivity contribution in [1.82, 2.24) is 24.6 Å². The predicted molar refractivity (Wildman–Crippen MR) is 97.6 cm³/mol. The molecule has 7 heteroatoms. The molecule has 0 amide bonds. The molecule has 1 aromatic carbocycles. The second-order valence-corrected chi connectivity index (χ2v) is 6.58. The molecule has 0 spiro atoms. The molecule has 0 radical (unpaired) electrons. The molecule has 124 valence electrons. The van der Waals surface area contributed by atoms with Crippen molar-refractivity contribution in [3.8, 4) is 11.4 Å². The molecular formula is C18H15N5OS. The number of benzene rings is 1. The largest absolute Gasteiger partial charge is 0.269 e. The number of nitrogens with one attached hydrogen (secondary N) is 1. The van der Waals surface area contributed by atoms with Gasteiger partial charge in [-0.2, -0.15) is 0 Å². The summed E-state index contributed by atoms with van der Waals surface area (Å²) in [4.78, 5) is 21.1. The molecule has 0 fully saturated rings. The Morgan fingerprint density at radius 1 is 1.12 bits per heavy atom. The zero-order valence-corrected chi connectivity index (χ0v) is 14.3. The third-order valence-corrected chi connectivity index (χ3v) is 4.64. The maximum atomic E-state index is 12.1. The van der Waals surface area contributed by atoms with E-state index in [9.17, 15) is 4.79 Å². The van der Waals surface area contributed by atoms with Gasteiger partial charge in [0.2, 0.25) is 5.16 Å². The van der Waals surface area contributed by atoms with Crippen molar-refractivity contribution >= 4 is 17.4 Å². The first-order valence-electron chi connectivity index (χ1n) is 7.78. The number of rotatable bonds is 4. The van der Waals surface area contributed by atoms with E-state index in [1.54, 1.807) is 12.3 Å². The van der Waals surface area contributed by atoms with Crippen LogP contribution in [0.2, 0.25) is 0 Å². The van der Waals surface area contributed by atoms with Crippen LogP contribution < -0.4 is 5.56 Å². The number of nitrogens with zero attached hydrogens (tertiary/aromatic N) is 4. The van der Waals surface area contributed by atoms with Crippen LogP contribution in [-0.4, -0.2) is 24.6 Å². The summed E-state index contributed by atoms with van der Waals surface area (Å²) in [6.45, 7) is 2.05. The van der Waals surface area contributed by atoms with Crippen molar-refractivity contribution in [3.63, 3.8) is 0 Å². The van der Waals surface area contributed by atoms with Gasteiger partial charge in [-0.15, -0.1) is 5.10 Å². The van der Waals surface area contributed by atoms with E-state index in [-0.39, 0.29) is 5.56 Å². The average Bonchev–Trinajstić information content (AvgIpc) is 3.10. The lowest BCUT2D eigenvalue weighted by molar-refractivity contribution is 0.968. The first kappa shape index (κ1) is 15.6. The van der Waals surface area contributed by atoms with Gasteiger partial charge in [0.1, 0.15) is 5.65 Å². The van der Waals surface area contributed by atoms with Gasteiger partial charge in [-0.05, 0) is 19.1 Å². The Bertz CT molecular complexity index is 1080. The van der Waals surface area contributed by atoms with E-state index in [0.29, 0.717) is 22.3 Å². The highest BCUT2D eigenvalue weighted by atomic mass is 32.2. The number of pyridine rings is 1. The lowest BCUT2D eigenvalue weighted by Gasteiger charge is -2.02. The Morgan fingerprint density at radius 3 is 2.80 bits per heavy atom. The first-order chi connectivity index (χ1) is 12.2. The summed E-state index contributed by atoms with van der Waals surface area (Å²) >= 11 is 1.45. The molecule has 0 aliphatic carbocycles. The van der Waals surface area contributed by atoms with Crippen LogP contribution in [-0.2, 0) is 5.75 Å². The van der Waals surface area contributed by atoms with Crippen LogP contribution in [0.3, 0.4) is 0 Å². The maximum absolute atomic E-state index is 12.1. The van der Waals surface area contributed by atoms with Gasteiger partial charge < -0.3 is 0 Å². The minimum atomic E-state index is -0.0865. The van der Waals surface area contributed by atoms with E-state index in [1.807, 2.05) is 49.4 Å². The van der Waals surface area contributed by atoms with Crippen LogP contribution in [0.15, 0.2) is 64.7 Å². The topological polar surface area (TPSA) is 75.9 Å². The van der Waals surface area contributed by atoms with Crippen LogP contribution >= 0.6 is 11.8 Å². The summed E-state index contributed by atoms with van der Waals surface area (Å²) < 4.78 is 1.52. The third-order valence-electron chi connectivity index (χ3n) is 3.76. The van der Waals surface area contributed by atoms with E-state index in [1.165, 1.54) is 21.7 Å². The molecule has 3 heterocycles. The fourth-order valence-electron chi connectivity index (χ4n) is 2.47. The summed E-state index contributed by atoms with van der Waals surface area (Å²) in [7, 11) is 0. The van der Waals surface area contributed by atoms with Gasteiger partial charge in [-0.1, -0.05) is 47.7 Å². The van der Waals surface area contributed by atoms with Crippen molar-refractivity contribution in [2.75, 3.05) is 0 Å². The Balaban J connectivity index is 1.52. The van der Waals surface area contributed by atoms with Crippen molar-refractivity contribution in [2.45, 2.75) is 17.8 Å². The number of aryl methyl sites for hydroxylation is 1. The summed E-state index contributed by atoms with van der Waals surface area (Å²) in [6.07, 6.45) is 1.71. The number of fused-ring (bicyclic) bond motifs is 1. The van der Waals surface area contributed by atoms with Crippen molar-refractivity contribution in [3.05, 3.63) is 76.3 Å². The molecule has 4 rings (SSSR count). The molecule has 25 heavy (non-hydrogen) atoms. The molecule has 0 aliphatic heterocycles. The summed E-state index contributed by atoms with van der Waals surface area (Å²) in [5.41, 5.74) is 3.46. The summed E-state index contributed by atoms with van der Waals surface area (Å²) in [5.74, 6) is 1.26. The molecule has 0 aliphatic rings. The van der Waals surface area contributed by atoms with Gasteiger partial charge >= 0.3 is 0 Å². The number of H-pyrrole nitrogens is 1. The standard InChI is InChI=1S/C18H15N5OS/c1-12-5-7-13(8-6-12)17-20-18(22-21-17)25-11-14-10-16(24)23-9-3-2-4-15(23)19-14/h2-10H,11H2,1H3,(H,20,21,22). The van der Waals surface area contributed by atoms with Crippen molar-refractivity contribution < 1.29 is 0 Å². The van der Waals surface area contributed by atoms with Gasteiger partial charge in [0, 0.05) is 23.6 Å². The molecule has 0 atom stereocenters. The van der Waals surface area contributed by atoms with E-state index in [2.05, 4.69) is 20.2 Å². The molecule has 0 saturated carbocycles. The van der Waals surface area contributed by atoms with Gasteiger partial charge in [0.15, 0.2) is 5.82 Å². The summed E-state index contributed by atoms with van der Waals surface area (Å²) in [5, 5.41) is 7.81. The Morgan fingerprint density at radius 2 is 1.96 bits per heavy atom. The SMILES string of the molecule is Cc1ccc(-c2nc(SCc3cc(=O)n4ccccc4n3)n[nH]2)cc1. The summed E-state index contributed by atoms with van der Waals surface area (Å²) in [6, 6.07) is 15.1. The number of hydrogen-bond donors (Lipinski definition) is 1. The van der Waals surface area contributed by atoms with Gasteiger partial charge in [-0.3, -0.25) is 14.3 Å². The molecule has 0 unspecified atom stereocenters. The highest BCUT2D eigenvalue weighted by Crippen LogP contribution is 2.21. The molecular weight excluding hydrogens is 334 g/mol. The fraction of sp³-hybridized carbons (Fsp3) is 0.111. The van der Waals surface area contributed by atoms with Crippen molar-refractivity contribution in [1.29, 1.82) is 0 Å². The Hall–Kier alpha value is -2.93. The van der Waals surface area contributed by atoms with Crippen LogP contribution in [0, 0.1) is 6.92 Å². The van der Waals surface area contributed by atoms with Crippen LogP contribution in [0.1, 0.15) is 11.3 Å². The molecule has 0 saturated heterocycles. The Labute approximate surface area is 148 Å². The number of aromatic nitrogens is 5. The van der Waals surface area contributed by atoms with Crippen LogP contribution in [0.5, 0.6) is 0 Å². The molecule has 3 aromatic heterocycles. The quantitative estimate of drug-likeness (QED) is 0.573. The monoisotopic (exact) mass is 349 g/mol. The zero-order valence-electron chi connectivity index (χ0n) is 13.5. The van der Waals surface area contributed by atoms with Crippen LogP contribution in [0.25, 0.3) is 17.0 Å². The fourth-order valence-corrected chi connectivity index (χ4v) is 3.16. The number of thioether (sulfide) groups is 1. The van der Waals surface area contributed by atoms with E-state index in [0.717, 1.165) is 11.4 Å². The molecule has 0 bridgehead atoms. The molecule has 6 nitrogen and oxygen atoms in total. The van der Waals surface area contributed by atoms with E-state index in [4.69, 9.17) is 0 Å². The minimum absolute atomic E-state index is 0.0865. The van der Waals surface area contributed by atoms with Gasteiger partial charge in [-0.25, -0.2) is 9.97 Å². The number of hydrogen-bond acceptors (Lipinski definition) is 5. The molecule has 4 aromatic rings. The highest BCUT2D eigenvalue weighted by molar-refractivity contribution is 7.98. The van der Waals surface area contributed by atoms with Crippen LogP contribution in [0.4, 0.5) is 0 Å². The maximum Gasteiger partial charge on any atom is 0.258 e. The molecule has 1 N–H and O–H groups in total. The minimum Gasteiger partial charge on any atom is -0.269 e.